The Balaban J connectivity index is 0.00000256. The first-order chi connectivity index (χ1) is 14.0. The van der Waals surface area contributed by atoms with Crippen molar-refractivity contribution in [1.29, 1.82) is 0 Å². The molecule has 2 aliphatic rings. The molecule has 30 heavy (non-hydrogen) atoms. The molecule has 1 atom stereocenters. The lowest BCUT2D eigenvalue weighted by molar-refractivity contribution is -0.695. The van der Waals surface area contributed by atoms with Crippen LogP contribution in [0.1, 0.15) is 37.1 Å². The van der Waals surface area contributed by atoms with Crippen molar-refractivity contribution in [3.8, 4) is 5.88 Å². The van der Waals surface area contributed by atoms with Crippen LogP contribution in [0.15, 0.2) is 45.8 Å². The molecule has 1 unspecified atom stereocenters. The molecule has 3 nitrogen and oxygen atoms in total. The van der Waals surface area contributed by atoms with Gasteiger partial charge in [-0.2, -0.15) is 4.57 Å². The van der Waals surface area contributed by atoms with Gasteiger partial charge < -0.3 is 33.6 Å². The number of allylic oxidation sites excluding steroid dienone is 2. The maximum absolute atomic E-state index is 6.23. The van der Waals surface area contributed by atoms with Gasteiger partial charge in [0, 0.05) is 22.5 Å². The fourth-order valence-electron chi connectivity index (χ4n) is 3.46. The van der Waals surface area contributed by atoms with Crippen LogP contribution in [0.2, 0.25) is 5.02 Å². The maximum atomic E-state index is 6.23. The van der Waals surface area contributed by atoms with E-state index in [4.69, 9.17) is 27.9 Å². The number of nitrogens with zero attached hydrogens (tertiary/aromatic N) is 2. The van der Waals surface area contributed by atoms with E-state index in [1.807, 2.05) is 18.2 Å². The number of benzene rings is 1. The zero-order chi connectivity index (χ0) is 20.5. The predicted octanol–water partition coefficient (Wildman–Crippen LogP) is 3.95. The van der Waals surface area contributed by atoms with Crippen molar-refractivity contribution in [2.24, 2.45) is 0 Å². The van der Waals surface area contributed by atoms with Gasteiger partial charge in [0.25, 0.3) is 5.01 Å². The van der Waals surface area contributed by atoms with Gasteiger partial charge in [0.15, 0.2) is 12.1 Å². The minimum Gasteiger partial charge on any atom is -1.00 e. The zero-order valence-corrected chi connectivity index (χ0v) is 22.3. The molecule has 2 aliphatic heterocycles. The predicted molar refractivity (Wildman–Crippen MR) is 126 cm³/mol. The molecule has 0 saturated heterocycles. The van der Waals surface area contributed by atoms with E-state index < -0.39 is 5.56 Å². The Morgan fingerprint density at radius 1 is 1.30 bits per heavy atom. The number of halogens is 3. The summed E-state index contributed by atoms with van der Waals surface area (Å²) in [6.45, 7) is 8.23. The normalized spacial score (nSPS) is 18.8. The van der Waals surface area contributed by atoms with Gasteiger partial charge in [0.1, 0.15) is 4.88 Å². The second-order valence-corrected chi connectivity index (χ2v) is 9.69. The summed E-state index contributed by atoms with van der Waals surface area (Å²) in [5.74, 6) is 0.863. The minimum absolute atomic E-state index is 0. The van der Waals surface area contributed by atoms with Crippen molar-refractivity contribution < 1.29 is 33.3 Å². The summed E-state index contributed by atoms with van der Waals surface area (Å²) in [5, 5.41) is 3.18. The van der Waals surface area contributed by atoms with E-state index in [0.29, 0.717) is 0 Å². The molecule has 8 heteroatoms. The molecule has 0 fully saturated rings. The number of rotatable bonds is 5. The van der Waals surface area contributed by atoms with Crippen LogP contribution in [0, 0.1) is 0 Å². The number of hydrogen-bond acceptors (Lipinski definition) is 4. The van der Waals surface area contributed by atoms with Crippen LogP contribution in [-0.2, 0) is 6.54 Å². The van der Waals surface area contributed by atoms with Crippen molar-refractivity contribution in [2.75, 3.05) is 11.4 Å². The number of thioether (sulfide) groups is 1. The number of thiazole rings is 1. The Morgan fingerprint density at radius 2 is 2.10 bits per heavy atom. The largest absolute Gasteiger partial charge is 1.00 e. The second kappa shape index (κ2) is 10.3. The van der Waals surface area contributed by atoms with E-state index in [-0.39, 0.29) is 24.0 Å². The molecule has 3 heterocycles. The number of ether oxygens (including phenoxy) is 1. The molecule has 1 aromatic carbocycles. The minimum atomic E-state index is -0.405. The Morgan fingerprint density at radius 3 is 2.80 bits per heavy atom. The zero-order valence-electron chi connectivity index (χ0n) is 17.0. The summed E-state index contributed by atoms with van der Waals surface area (Å²) >= 11 is 15.9. The highest BCUT2D eigenvalue weighted by atomic mass is 127. The Labute approximate surface area is 213 Å². The van der Waals surface area contributed by atoms with E-state index in [1.54, 1.807) is 23.1 Å². The van der Waals surface area contributed by atoms with Crippen LogP contribution in [-0.4, -0.2) is 12.1 Å². The molecule has 0 spiro atoms. The van der Waals surface area contributed by atoms with Crippen LogP contribution in [0.4, 0.5) is 5.69 Å². The second-order valence-electron chi connectivity index (χ2n) is 6.70. The molecule has 0 bridgehead atoms. The Bertz CT molecular complexity index is 1030. The van der Waals surface area contributed by atoms with Gasteiger partial charge in [-0.3, -0.25) is 0 Å². The summed E-state index contributed by atoms with van der Waals surface area (Å²) in [5.41, 5.74) is 2.06. The lowest BCUT2D eigenvalue weighted by Gasteiger charge is -2.18. The third-order valence-corrected chi connectivity index (χ3v) is 7.57. The lowest BCUT2D eigenvalue weighted by atomic mass is 10.2. The van der Waals surface area contributed by atoms with Gasteiger partial charge in [-0.15, -0.1) is 0 Å². The van der Waals surface area contributed by atoms with Crippen LogP contribution in [0.25, 0.3) is 12.2 Å². The molecule has 0 aliphatic carbocycles. The van der Waals surface area contributed by atoms with Crippen molar-refractivity contribution >= 4 is 64.1 Å². The van der Waals surface area contributed by atoms with Gasteiger partial charge in [-0.05, 0) is 62.3 Å². The Kier molecular flexibility index (Phi) is 8.23. The van der Waals surface area contributed by atoms with E-state index in [1.165, 1.54) is 26.2 Å². The highest BCUT2D eigenvalue weighted by molar-refractivity contribution is 8.03. The molecule has 0 radical (unpaired) electrons. The van der Waals surface area contributed by atoms with Crippen molar-refractivity contribution in [3.63, 3.8) is 0 Å². The number of aromatic nitrogens is 1. The van der Waals surface area contributed by atoms with E-state index in [9.17, 15) is 0 Å². The molecule has 0 amide bonds. The molecule has 0 N–H and O–H groups in total. The topological polar surface area (TPSA) is 16.4 Å². The number of anilines is 1. The molecule has 160 valence electrons. The summed E-state index contributed by atoms with van der Waals surface area (Å²) in [6, 6.07) is 6.11. The standard InChI is InChI=1S/C22H23Cl2N2OS2.HI/c1-4-14(11-20-25(5-2)16-13-15(23)7-8-17(16)28-20)12-21-26(6-3)22-18(29-21)9-10-19(24)27-22;/h7-13,19H,4-6H2,1-3H3;1H/q+1;/p-1. The molecule has 0 saturated carbocycles. The smallest absolute Gasteiger partial charge is 0.388 e. The van der Waals surface area contributed by atoms with Crippen molar-refractivity contribution in [3.05, 3.63) is 55.9 Å². The summed E-state index contributed by atoms with van der Waals surface area (Å²) in [7, 11) is 0. The fraction of sp³-hybridized carbons (Fsp3) is 0.318. The third-order valence-electron chi connectivity index (χ3n) is 4.91. The molecular formula is C22H23Cl2IN2OS2. The number of fused-ring (bicyclic) bond motifs is 2. The van der Waals surface area contributed by atoms with Crippen LogP contribution < -0.4 is 38.2 Å². The van der Waals surface area contributed by atoms with Crippen molar-refractivity contribution in [2.45, 2.75) is 44.2 Å². The summed E-state index contributed by atoms with van der Waals surface area (Å²) < 4.78 is 8.05. The third kappa shape index (κ3) is 4.72. The molecule has 2 aromatic rings. The summed E-state index contributed by atoms with van der Waals surface area (Å²) in [6.07, 6.45) is 9.44. The van der Waals surface area contributed by atoms with Crippen LogP contribution in [0.5, 0.6) is 5.88 Å². The van der Waals surface area contributed by atoms with Gasteiger partial charge >= 0.3 is 5.88 Å². The lowest BCUT2D eigenvalue weighted by Crippen LogP contribution is -3.00. The molecular weight excluding hydrogens is 570 g/mol. The van der Waals surface area contributed by atoms with Crippen LogP contribution >= 0.6 is 46.3 Å². The first-order valence-corrected chi connectivity index (χ1v) is 12.2. The first kappa shape index (κ1) is 24.0. The highest BCUT2D eigenvalue weighted by Gasteiger charge is 2.29. The van der Waals surface area contributed by atoms with E-state index >= 15 is 0 Å². The number of hydrogen-bond donors (Lipinski definition) is 0. The highest BCUT2D eigenvalue weighted by Crippen LogP contribution is 2.47. The first-order valence-electron chi connectivity index (χ1n) is 9.76. The van der Waals surface area contributed by atoms with Gasteiger partial charge in [-0.25, -0.2) is 0 Å². The molecule has 1 aromatic heterocycles. The van der Waals surface area contributed by atoms with Gasteiger partial charge in [0.05, 0.1) is 10.7 Å². The quantitative estimate of drug-likeness (QED) is 0.297. The average molecular weight is 593 g/mol. The molecule has 4 rings (SSSR count). The monoisotopic (exact) mass is 592 g/mol. The Hall–Kier alpha value is -0.670. The SMILES string of the molecule is CCC(=Cc1sc2c([n+]1CC)OC(Cl)C=C2)C=C1Sc2ccc(Cl)cc2N1CC.[I-]. The van der Waals surface area contributed by atoms with E-state index in [0.717, 1.165) is 35.3 Å². The number of alkyl halides is 1. The average Bonchev–Trinajstić information content (AvgIpc) is 3.23. The van der Waals surface area contributed by atoms with Crippen LogP contribution in [0.3, 0.4) is 0 Å². The van der Waals surface area contributed by atoms with E-state index in [2.05, 4.69) is 54.5 Å². The van der Waals surface area contributed by atoms with Gasteiger partial charge in [0.2, 0.25) is 0 Å². The summed E-state index contributed by atoms with van der Waals surface area (Å²) in [4.78, 5) is 4.69. The maximum Gasteiger partial charge on any atom is 0.388 e. The van der Waals surface area contributed by atoms with Gasteiger partial charge in [-0.1, -0.05) is 53.2 Å². The fourth-order valence-corrected chi connectivity index (χ4v) is 6.11. The van der Waals surface area contributed by atoms with Crippen molar-refractivity contribution in [1.82, 2.24) is 0 Å².